The van der Waals surface area contributed by atoms with Crippen LogP contribution in [0.3, 0.4) is 0 Å². The Bertz CT molecular complexity index is 1880. The van der Waals surface area contributed by atoms with E-state index in [1.807, 2.05) is 29.3 Å². The quantitative estimate of drug-likeness (QED) is 0.309. The number of anilines is 1. The molecule has 7 rings (SSSR count). The molecule has 41 heavy (non-hydrogen) atoms. The molecule has 2 atom stereocenters. The fourth-order valence-corrected chi connectivity index (χ4v) is 8.03. The number of carbonyl (C=O) groups is 1. The van der Waals surface area contributed by atoms with Crippen molar-refractivity contribution in [3.63, 3.8) is 0 Å². The summed E-state index contributed by atoms with van der Waals surface area (Å²) in [7, 11) is -3.74. The van der Waals surface area contributed by atoms with E-state index in [-0.39, 0.29) is 40.3 Å². The zero-order valence-electron chi connectivity index (χ0n) is 22.2. The Morgan fingerprint density at radius 3 is 2.51 bits per heavy atom. The molecule has 210 valence electrons. The van der Waals surface area contributed by atoms with Crippen LogP contribution in [0.4, 0.5) is 5.82 Å². The summed E-state index contributed by atoms with van der Waals surface area (Å²) >= 11 is 1.53. The number of nitrogens with zero attached hydrogens (tertiary/aromatic N) is 8. The summed E-state index contributed by atoms with van der Waals surface area (Å²) in [5.41, 5.74) is 10.8. The molecule has 2 bridgehead atoms. The molecule has 15 heteroatoms. The number of carbonyl (C=O) groups excluding carboxylic acids is 1. The lowest BCUT2D eigenvalue weighted by Crippen LogP contribution is -2.46. The number of hydrogen-bond donors (Lipinski definition) is 2. The van der Waals surface area contributed by atoms with Gasteiger partial charge in [0.25, 0.3) is 5.91 Å². The molecular formula is C26H26N10O3S2. The predicted molar refractivity (Wildman–Crippen MR) is 151 cm³/mol. The number of piperidine rings is 1. The van der Waals surface area contributed by atoms with Crippen LogP contribution in [-0.4, -0.2) is 77.5 Å². The summed E-state index contributed by atoms with van der Waals surface area (Å²) in [6, 6.07) is 3.69. The van der Waals surface area contributed by atoms with Crippen LogP contribution in [0.25, 0.3) is 27.5 Å². The average Bonchev–Trinajstić information content (AvgIpc) is 3.74. The number of nitrogen functional groups attached to an aromatic ring is 1. The Labute approximate surface area is 238 Å². The highest BCUT2D eigenvalue weighted by Gasteiger charge is 2.46. The first-order chi connectivity index (χ1) is 19.7. The maximum atomic E-state index is 13.2. The largest absolute Gasteiger partial charge is 0.382 e. The summed E-state index contributed by atoms with van der Waals surface area (Å²) in [5.74, 6) is -0.352. The lowest BCUT2D eigenvalue weighted by atomic mass is 9.87. The molecule has 0 aromatic carbocycles. The average molecular weight is 591 g/mol. The standard InChI is InChI=1S/C26H26N10O3S2/c1-13-12-40-25(31-13)19-6-3-14(9-28-19)18-10-30-36-23(27)22(41(2,38)39)21(32-24(18)36)15-7-16-4-5-17(8-15)35(16)26(37)20-11-29-34-33-20/h3,6,9-12,15-17H,4-5,7-8,27H2,1-2H3,(H,29,33,34). The molecule has 5 aromatic heterocycles. The van der Waals surface area contributed by atoms with Gasteiger partial charge in [-0.05, 0) is 38.7 Å². The van der Waals surface area contributed by atoms with Gasteiger partial charge < -0.3 is 10.6 Å². The van der Waals surface area contributed by atoms with E-state index < -0.39 is 9.84 Å². The summed E-state index contributed by atoms with van der Waals surface area (Å²) < 4.78 is 27.5. The van der Waals surface area contributed by atoms with Crippen molar-refractivity contribution in [3.8, 4) is 21.8 Å². The van der Waals surface area contributed by atoms with E-state index in [9.17, 15) is 13.2 Å². The second-order valence-corrected chi connectivity index (χ2v) is 13.4. The first-order valence-electron chi connectivity index (χ1n) is 13.1. The molecule has 3 N–H and O–H groups in total. The number of fused-ring (bicyclic) bond motifs is 3. The Morgan fingerprint density at radius 1 is 1.12 bits per heavy atom. The van der Waals surface area contributed by atoms with Gasteiger partial charge in [-0.2, -0.15) is 25.0 Å². The van der Waals surface area contributed by atoms with E-state index in [0.29, 0.717) is 29.7 Å². The molecule has 5 aromatic rings. The molecule has 0 saturated carbocycles. The number of H-pyrrole nitrogens is 1. The van der Waals surface area contributed by atoms with Gasteiger partial charge in [-0.15, -0.1) is 11.3 Å². The van der Waals surface area contributed by atoms with Crippen molar-refractivity contribution in [1.82, 2.24) is 44.9 Å². The lowest BCUT2D eigenvalue weighted by Gasteiger charge is -2.38. The number of nitrogens with two attached hydrogens (primary N) is 1. The van der Waals surface area contributed by atoms with Crippen molar-refractivity contribution >= 4 is 38.5 Å². The summed E-state index contributed by atoms with van der Waals surface area (Å²) in [5, 5.41) is 17.4. The van der Waals surface area contributed by atoms with Crippen LogP contribution in [-0.2, 0) is 9.84 Å². The highest BCUT2D eigenvalue weighted by atomic mass is 32.2. The zero-order valence-corrected chi connectivity index (χ0v) is 23.9. The van der Waals surface area contributed by atoms with Crippen LogP contribution in [0.1, 0.15) is 53.5 Å². The monoisotopic (exact) mass is 590 g/mol. The Morgan fingerprint density at radius 2 is 1.90 bits per heavy atom. The van der Waals surface area contributed by atoms with E-state index in [1.165, 1.54) is 22.0 Å². The van der Waals surface area contributed by atoms with Crippen LogP contribution < -0.4 is 5.73 Å². The number of nitrogens with one attached hydrogen (secondary N) is 1. The molecule has 13 nitrogen and oxygen atoms in total. The van der Waals surface area contributed by atoms with Crippen molar-refractivity contribution in [2.75, 3.05) is 12.0 Å². The number of hydrogen-bond acceptors (Lipinski definition) is 11. The van der Waals surface area contributed by atoms with E-state index in [2.05, 4.69) is 30.5 Å². The Kier molecular flexibility index (Phi) is 5.90. The first kappa shape index (κ1) is 25.7. The Balaban J connectivity index is 1.28. The highest BCUT2D eigenvalue weighted by Crippen LogP contribution is 2.45. The van der Waals surface area contributed by atoms with Gasteiger partial charge in [0, 0.05) is 52.7 Å². The van der Waals surface area contributed by atoms with Gasteiger partial charge in [0.2, 0.25) is 0 Å². The molecule has 2 saturated heterocycles. The fourth-order valence-electron chi connectivity index (χ4n) is 6.20. The van der Waals surface area contributed by atoms with Gasteiger partial charge >= 0.3 is 0 Å². The van der Waals surface area contributed by atoms with E-state index in [1.54, 1.807) is 12.4 Å². The van der Waals surface area contributed by atoms with E-state index >= 15 is 0 Å². The van der Waals surface area contributed by atoms with Crippen LogP contribution >= 0.6 is 11.3 Å². The number of amides is 1. The maximum Gasteiger partial charge on any atom is 0.276 e. The van der Waals surface area contributed by atoms with Crippen molar-refractivity contribution < 1.29 is 13.2 Å². The maximum absolute atomic E-state index is 13.2. The van der Waals surface area contributed by atoms with E-state index in [4.69, 9.17) is 10.7 Å². The van der Waals surface area contributed by atoms with Crippen LogP contribution in [0.15, 0.2) is 41.0 Å². The second-order valence-electron chi connectivity index (χ2n) is 10.6. The van der Waals surface area contributed by atoms with Gasteiger partial charge in [-0.25, -0.2) is 18.4 Å². The number of thiazole rings is 1. The number of aromatic nitrogens is 8. The second kappa shape index (κ2) is 9.41. The minimum absolute atomic E-state index is 0.00654. The van der Waals surface area contributed by atoms with Gasteiger partial charge in [0.05, 0.1) is 23.8 Å². The number of aromatic amines is 1. The van der Waals surface area contributed by atoms with Gasteiger partial charge in [0.15, 0.2) is 21.2 Å². The third-order valence-corrected chi connectivity index (χ3v) is 10.1. The Hall–Kier alpha value is -4.24. The molecule has 7 heterocycles. The molecule has 0 spiro atoms. The molecule has 2 aliphatic heterocycles. The minimum Gasteiger partial charge on any atom is -0.382 e. The predicted octanol–water partition coefficient (Wildman–Crippen LogP) is 2.88. The zero-order chi connectivity index (χ0) is 28.5. The minimum atomic E-state index is -3.74. The van der Waals surface area contributed by atoms with Crippen molar-refractivity contribution in [2.24, 2.45) is 0 Å². The van der Waals surface area contributed by atoms with Crippen molar-refractivity contribution in [3.05, 3.63) is 53.2 Å². The number of pyridine rings is 1. The van der Waals surface area contributed by atoms with Gasteiger partial charge in [-0.3, -0.25) is 9.78 Å². The number of aryl methyl sites for hydroxylation is 1. The smallest absolute Gasteiger partial charge is 0.276 e. The summed E-state index contributed by atoms with van der Waals surface area (Å²) in [6.07, 6.45) is 8.71. The molecule has 2 aliphatic rings. The molecule has 2 unspecified atom stereocenters. The van der Waals surface area contributed by atoms with Crippen LogP contribution in [0.2, 0.25) is 0 Å². The SMILES string of the molecule is Cc1csc(-c2ccc(-c3cnn4c(N)c(S(C)(=O)=O)c(C5CC6CCC(C5)N6C(=O)c5cn[nH]n5)nc34)cn2)n1. The molecule has 0 radical (unpaired) electrons. The van der Waals surface area contributed by atoms with Gasteiger partial charge in [-0.1, -0.05) is 6.07 Å². The first-order valence-corrected chi connectivity index (χ1v) is 15.9. The molecule has 0 aliphatic carbocycles. The third-order valence-electron chi connectivity index (χ3n) is 7.94. The van der Waals surface area contributed by atoms with Gasteiger partial charge in [0.1, 0.15) is 15.7 Å². The normalized spacial score (nSPS) is 20.6. The summed E-state index contributed by atoms with van der Waals surface area (Å²) in [4.78, 5) is 29.1. The van der Waals surface area contributed by atoms with Crippen molar-refractivity contribution in [1.29, 1.82) is 0 Å². The van der Waals surface area contributed by atoms with Crippen molar-refractivity contribution in [2.45, 2.75) is 55.5 Å². The molecule has 2 fully saturated rings. The van der Waals surface area contributed by atoms with E-state index in [0.717, 1.165) is 41.1 Å². The molecular weight excluding hydrogens is 564 g/mol. The topological polar surface area (TPSA) is 178 Å². The fraction of sp³-hybridized carbons (Fsp3) is 0.346. The summed E-state index contributed by atoms with van der Waals surface area (Å²) in [6.45, 7) is 1.94. The highest BCUT2D eigenvalue weighted by molar-refractivity contribution is 7.91. The number of rotatable bonds is 5. The van der Waals surface area contributed by atoms with Crippen LogP contribution in [0, 0.1) is 6.92 Å². The van der Waals surface area contributed by atoms with Crippen LogP contribution in [0.5, 0.6) is 0 Å². The lowest BCUT2D eigenvalue weighted by molar-refractivity contribution is 0.0562. The third kappa shape index (κ3) is 4.26. The molecule has 1 amide bonds. The number of sulfone groups is 1.